The number of ether oxygens (including phenoxy) is 1. The van der Waals surface area contributed by atoms with Gasteiger partial charge in [0.2, 0.25) is 15.9 Å². The average Bonchev–Trinajstić information content (AvgIpc) is 2.63. The highest BCUT2D eigenvalue weighted by Gasteiger charge is 2.30. The molecule has 0 atom stereocenters. The van der Waals surface area contributed by atoms with Crippen LogP contribution in [0.25, 0.3) is 0 Å². The molecule has 1 aromatic heterocycles. The van der Waals surface area contributed by atoms with Gasteiger partial charge in [-0.1, -0.05) is 0 Å². The second kappa shape index (κ2) is 6.70. The highest BCUT2D eigenvalue weighted by Crippen LogP contribution is 2.26. The maximum Gasteiger partial charge on any atom is 0.340 e. The van der Waals surface area contributed by atoms with E-state index in [1.165, 1.54) is 13.8 Å². The molecule has 0 bridgehead atoms. The Bertz CT molecular complexity index is 648. The molecule has 9 nitrogen and oxygen atoms in total. The first-order valence-electron chi connectivity index (χ1n) is 5.85. The lowest BCUT2D eigenvalue weighted by Gasteiger charge is -2.07. The number of hydrogen-bond acceptors (Lipinski definition) is 6. The fraction of sp³-hybridized carbons (Fsp3) is 0.455. The van der Waals surface area contributed by atoms with Gasteiger partial charge in [0.25, 0.3) is 0 Å². The minimum absolute atomic E-state index is 0.00496. The number of rotatable bonds is 8. The van der Waals surface area contributed by atoms with Gasteiger partial charge in [-0.25, -0.2) is 17.9 Å². The number of carbonyl (C=O) groups is 2. The Labute approximate surface area is 121 Å². The van der Waals surface area contributed by atoms with E-state index in [4.69, 9.17) is 20.0 Å². The fourth-order valence-corrected chi connectivity index (χ4v) is 3.14. The summed E-state index contributed by atoms with van der Waals surface area (Å²) in [4.78, 5) is 21.1. The molecule has 0 spiro atoms. The summed E-state index contributed by atoms with van der Waals surface area (Å²) in [5, 5.41) is 9.07. The van der Waals surface area contributed by atoms with Crippen molar-refractivity contribution in [3.05, 3.63) is 17.1 Å². The lowest BCUT2D eigenvalue weighted by atomic mass is 10.2. The second-order valence-corrected chi connectivity index (χ2v) is 5.84. The molecule has 0 saturated heterocycles. The van der Waals surface area contributed by atoms with Crippen molar-refractivity contribution in [3.8, 4) is 0 Å². The van der Waals surface area contributed by atoms with Crippen molar-refractivity contribution in [2.75, 3.05) is 19.8 Å². The SMILES string of the molecule is Cc1oc(C)c(S(=O)(=O)NCCOCC(N)=O)c1C(=O)O. The zero-order chi connectivity index (χ0) is 16.2. The van der Waals surface area contributed by atoms with Gasteiger partial charge in [-0.2, -0.15) is 0 Å². The van der Waals surface area contributed by atoms with Gasteiger partial charge in [0, 0.05) is 6.54 Å². The third-order valence-corrected chi connectivity index (χ3v) is 4.08. The van der Waals surface area contributed by atoms with E-state index in [9.17, 15) is 18.0 Å². The number of amides is 1. The van der Waals surface area contributed by atoms with E-state index < -0.39 is 32.4 Å². The lowest BCUT2D eigenvalue weighted by Crippen LogP contribution is -2.30. The monoisotopic (exact) mass is 320 g/mol. The van der Waals surface area contributed by atoms with Gasteiger partial charge in [0.05, 0.1) is 6.61 Å². The number of carboxylic acid groups (broad SMARTS) is 1. The van der Waals surface area contributed by atoms with E-state index in [0.717, 1.165) is 0 Å². The number of nitrogens with one attached hydrogen (secondary N) is 1. The fourth-order valence-electron chi connectivity index (χ4n) is 1.73. The number of carbonyl (C=O) groups excluding carboxylic acids is 1. The number of sulfonamides is 1. The quantitative estimate of drug-likeness (QED) is 0.540. The Kier molecular flexibility index (Phi) is 5.47. The predicted molar refractivity (Wildman–Crippen MR) is 70.3 cm³/mol. The molecule has 0 radical (unpaired) electrons. The summed E-state index contributed by atoms with van der Waals surface area (Å²) in [7, 11) is -4.07. The third-order valence-electron chi connectivity index (χ3n) is 2.47. The van der Waals surface area contributed by atoms with E-state index in [1.807, 2.05) is 0 Å². The molecule has 0 aliphatic rings. The Morgan fingerprint density at radius 1 is 1.33 bits per heavy atom. The largest absolute Gasteiger partial charge is 0.478 e. The molecule has 118 valence electrons. The topological polar surface area (TPSA) is 149 Å². The smallest absolute Gasteiger partial charge is 0.340 e. The summed E-state index contributed by atoms with van der Waals surface area (Å²) in [5.74, 6) is -2.08. The molecule has 0 saturated carbocycles. The number of primary amides is 1. The van der Waals surface area contributed by atoms with E-state index in [2.05, 4.69) is 4.72 Å². The van der Waals surface area contributed by atoms with Crippen molar-refractivity contribution in [1.82, 2.24) is 4.72 Å². The van der Waals surface area contributed by atoms with Gasteiger partial charge in [0.1, 0.15) is 28.6 Å². The van der Waals surface area contributed by atoms with Crippen LogP contribution in [-0.4, -0.2) is 45.2 Å². The highest BCUT2D eigenvalue weighted by atomic mass is 32.2. The number of aryl methyl sites for hydroxylation is 2. The van der Waals surface area contributed by atoms with Crippen LogP contribution in [0.1, 0.15) is 21.9 Å². The van der Waals surface area contributed by atoms with Crippen molar-refractivity contribution < 1.29 is 32.3 Å². The van der Waals surface area contributed by atoms with Crippen LogP contribution in [0.4, 0.5) is 0 Å². The van der Waals surface area contributed by atoms with E-state index >= 15 is 0 Å². The Hall–Kier alpha value is -1.91. The van der Waals surface area contributed by atoms with Gasteiger partial charge in [-0.05, 0) is 13.8 Å². The van der Waals surface area contributed by atoms with Crippen LogP contribution < -0.4 is 10.5 Å². The molecule has 10 heteroatoms. The molecule has 1 amide bonds. The average molecular weight is 320 g/mol. The third kappa shape index (κ3) is 4.28. The molecule has 1 rings (SSSR count). The molecule has 0 aliphatic heterocycles. The van der Waals surface area contributed by atoms with Crippen LogP contribution in [0.2, 0.25) is 0 Å². The summed E-state index contributed by atoms with van der Waals surface area (Å²) in [5.41, 5.74) is 4.44. The summed E-state index contributed by atoms with van der Waals surface area (Å²) >= 11 is 0. The zero-order valence-corrected chi connectivity index (χ0v) is 12.3. The van der Waals surface area contributed by atoms with Crippen molar-refractivity contribution in [3.63, 3.8) is 0 Å². The number of carboxylic acids is 1. The van der Waals surface area contributed by atoms with E-state index in [0.29, 0.717) is 0 Å². The van der Waals surface area contributed by atoms with Gasteiger partial charge in [-0.15, -0.1) is 0 Å². The molecule has 0 aromatic carbocycles. The number of aromatic carboxylic acids is 1. The van der Waals surface area contributed by atoms with Crippen molar-refractivity contribution in [1.29, 1.82) is 0 Å². The van der Waals surface area contributed by atoms with Crippen LogP contribution >= 0.6 is 0 Å². The number of hydrogen-bond donors (Lipinski definition) is 3. The summed E-state index contributed by atoms with van der Waals surface area (Å²) in [6.07, 6.45) is 0. The first-order chi connectivity index (χ1) is 9.66. The first kappa shape index (κ1) is 17.1. The lowest BCUT2D eigenvalue weighted by molar-refractivity contribution is -0.122. The Balaban J connectivity index is 2.84. The zero-order valence-electron chi connectivity index (χ0n) is 11.5. The standard InChI is InChI=1S/C11H16N2O7S/c1-6-9(11(15)16)10(7(2)20-6)21(17,18)13-3-4-19-5-8(12)14/h13H,3-5H2,1-2H3,(H2,12,14)(H,15,16). The number of furan rings is 1. The summed E-state index contributed by atoms with van der Waals surface area (Å²) in [6, 6.07) is 0. The Morgan fingerprint density at radius 3 is 2.48 bits per heavy atom. The molecular formula is C11H16N2O7S. The Morgan fingerprint density at radius 2 is 1.95 bits per heavy atom. The van der Waals surface area contributed by atoms with E-state index in [-0.39, 0.29) is 31.3 Å². The predicted octanol–water partition coefficient (Wildman–Crippen LogP) is -0.625. The molecule has 1 aromatic rings. The van der Waals surface area contributed by atoms with Crippen LogP contribution in [0, 0.1) is 13.8 Å². The molecule has 0 unspecified atom stereocenters. The molecular weight excluding hydrogens is 304 g/mol. The first-order valence-corrected chi connectivity index (χ1v) is 7.34. The molecule has 0 fully saturated rings. The van der Waals surface area contributed by atoms with Crippen LogP contribution in [0.15, 0.2) is 9.31 Å². The molecule has 4 N–H and O–H groups in total. The van der Waals surface area contributed by atoms with Gasteiger partial charge in [-0.3, -0.25) is 4.79 Å². The maximum atomic E-state index is 12.1. The van der Waals surface area contributed by atoms with Gasteiger partial charge in [0.15, 0.2) is 0 Å². The van der Waals surface area contributed by atoms with Crippen LogP contribution in [-0.2, 0) is 19.6 Å². The van der Waals surface area contributed by atoms with Gasteiger partial charge < -0.3 is 20.0 Å². The second-order valence-electron chi connectivity index (χ2n) is 4.14. The van der Waals surface area contributed by atoms with Gasteiger partial charge >= 0.3 is 5.97 Å². The van der Waals surface area contributed by atoms with Crippen molar-refractivity contribution in [2.45, 2.75) is 18.7 Å². The van der Waals surface area contributed by atoms with Crippen molar-refractivity contribution >= 4 is 21.9 Å². The summed E-state index contributed by atoms with van der Waals surface area (Å²) < 4.78 is 36.2. The molecule has 0 aliphatic carbocycles. The van der Waals surface area contributed by atoms with Crippen molar-refractivity contribution in [2.24, 2.45) is 5.73 Å². The van der Waals surface area contributed by atoms with E-state index in [1.54, 1.807) is 0 Å². The minimum atomic E-state index is -4.07. The summed E-state index contributed by atoms with van der Waals surface area (Å²) in [6.45, 7) is 2.17. The maximum absolute atomic E-state index is 12.1. The van der Waals surface area contributed by atoms with Crippen LogP contribution in [0.5, 0.6) is 0 Å². The molecule has 21 heavy (non-hydrogen) atoms. The molecule has 1 heterocycles. The highest BCUT2D eigenvalue weighted by molar-refractivity contribution is 7.89. The minimum Gasteiger partial charge on any atom is -0.478 e. The van der Waals surface area contributed by atoms with Crippen LogP contribution in [0.3, 0.4) is 0 Å². The number of nitrogens with two attached hydrogens (primary N) is 1. The normalized spacial score (nSPS) is 11.5.